The van der Waals surface area contributed by atoms with Crippen LogP contribution in [0, 0.1) is 52.9 Å². The molecule has 3 fully saturated rings. The second-order valence-corrected chi connectivity index (χ2v) is 13.0. The van der Waals surface area contributed by atoms with Crippen LogP contribution in [0.4, 0.5) is 4.79 Å². The molecular weight excluding hydrogens is 422 g/mol. The van der Waals surface area contributed by atoms with Crippen LogP contribution in [0.15, 0.2) is 17.8 Å². The number of amides is 1. The summed E-state index contributed by atoms with van der Waals surface area (Å²) in [5.74, 6) is 4.99. The molecule has 4 rings (SSSR count). The van der Waals surface area contributed by atoms with Crippen molar-refractivity contribution in [3.05, 3.63) is 24.4 Å². The summed E-state index contributed by atoms with van der Waals surface area (Å²) in [7, 11) is 0. The van der Waals surface area contributed by atoms with Gasteiger partial charge in [0, 0.05) is 6.20 Å². The third-order valence-electron chi connectivity index (χ3n) is 10.8. The summed E-state index contributed by atoms with van der Waals surface area (Å²) in [5, 5.41) is 10.0. The van der Waals surface area contributed by atoms with Crippen molar-refractivity contribution in [2.45, 2.75) is 111 Å². The van der Waals surface area contributed by atoms with Crippen molar-refractivity contribution in [2.75, 3.05) is 0 Å². The monoisotopic (exact) mass is 470 g/mol. The van der Waals surface area contributed by atoms with Gasteiger partial charge in [0.25, 0.3) is 0 Å². The van der Waals surface area contributed by atoms with Gasteiger partial charge in [0.15, 0.2) is 0 Å². The molecule has 0 aromatic rings. The van der Waals surface area contributed by atoms with Crippen LogP contribution in [0.25, 0.3) is 0 Å². The average molecular weight is 471 g/mol. The highest BCUT2D eigenvalue weighted by Crippen LogP contribution is 2.67. The molecule has 1 amide bonds. The van der Waals surface area contributed by atoms with E-state index in [0.29, 0.717) is 5.41 Å². The van der Waals surface area contributed by atoms with Gasteiger partial charge in [0.2, 0.25) is 0 Å². The van der Waals surface area contributed by atoms with E-state index in [1.165, 1.54) is 56.9 Å². The normalized spacial score (nSPS) is 40.1. The summed E-state index contributed by atoms with van der Waals surface area (Å²) < 4.78 is 0. The molecule has 0 aliphatic heterocycles. The van der Waals surface area contributed by atoms with E-state index in [-0.39, 0.29) is 11.5 Å². The number of nitrogens with zero attached hydrogens (tertiary/aromatic N) is 1. The van der Waals surface area contributed by atoms with Crippen LogP contribution in [0.1, 0.15) is 105 Å². The molecule has 0 aromatic heterocycles. The molecule has 0 aromatic carbocycles. The number of rotatable bonds is 8. The molecule has 3 saturated carbocycles. The number of hydrogen-bond acceptors (Lipinski definition) is 2. The lowest BCUT2D eigenvalue weighted by Crippen LogP contribution is -2.51. The lowest BCUT2D eigenvalue weighted by molar-refractivity contribution is -0.155. The summed E-state index contributed by atoms with van der Waals surface area (Å²) >= 11 is 0. The number of hydroxylamine groups is 2. The SMILES string of the molecule is [CH]=CN(O[C@H]1CC[C@@]2(C)C(=CC[C@H]3[C@@H]4CC[C@H]([C@H](C)CCCC(C)C)[C@@]4(C)CC[C@@H]32)C1)C(=O)O. The number of carbonyl (C=O) groups is 1. The van der Waals surface area contributed by atoms with Gasteiger partial charge in [0.1, 0.15) is 0 Å². The van der Waals surface area contributed by atoms with Gasteiger partial charge >= 0.3 is 6.09 Å². The van der Waals surface area contributed by atoms with Crippen molar-refractivity contribution in [1.82, 2.24) is 5.06 Å². The molecule has 0 bridgehead atoms. The maximum atomic E-state index is 11.3. The van der Waals surface area contributed by atoms with Crippen LogP contribution in [-0.2, 0) is 4.84 Å². The molecule has 4 nitrogen and oxygen atoms in total. The topological polar surface area (TPSA) is 49.8 Å². The van der Waals surface area contributed by atoms with E-state index in [1.807, 2.05) is 0 Å². The molecular formula is C30H48NO3. The molecule has 191 valence electrons. The van der Waals surface area contributed by atoms with Gasteiger partial charge in [-0.1, -0.05) is 65.5 Å². The standard InChI is InChI=1S/C30H48NO3/c1-7-31(28(32)33)34-23-15-17-29(5)22(19-23)11-12-24-26-14-13-25(21(4)10-8-9-20(2)3)30(26,6)18-16-27(24)29/h1,7,11,20-21,23-27H,8-10,12-19H2,2-6H3,(H,32,33)/t21-,23+,24+,25-,26+,27+,29+,30-/m1/s1. The van der Waals surface area contributed by atoms with Gasteiger partial charge in [-0.3, -0.25) is 4.84 Å². The van der Waals surface area contributed by atoms with Crippen LogP contribution in [0.5, 0.6) is 0 Å². The van der Waals surface area contributed by atoms with E-state index in [2.05, 4.69) is 40.7 Å². The van der Waals surface area contributed by atoms with Crippen LogP contribution in [-0.4, -0.2) is 22.4 Å². The van der Waals surface area contributed by atoms with Crippen LogP contribution in [0.3, 0.4) is 0 Å². The molecule has 0 heterocycles. The molecule has 8 atom stereocenters. The fourth-order valence-corrected chi connectivity index (χ4v) is 9.05. The van der Waals surface area contributed by atoms with Crippen molar-refractivity contribution >= 4 is 6.09 Å². The van der Waals surface area contributed by atoms with Crippen LogP contribution < -0.4 is 0 Å². The number of fused-ring (bicyclic) bond motifs is 5. The Hall–Kier alpha value is -1.29. The zero-order valence-corrected chi connectivity index (χ0v) is 22.3. The molecule has 1 N–H and O–H groups in total. The predicted molar refractivity (Wildman–Crippen MR) is 137 cm³/mol. The van der Waals surface area contributed by atoms with Crippen molar-refractivity contribution in [3.63, 3.8) is 0 Å². The minimum atomic E-state index is -1.16. The average Bonchev–Trinajstić information content (AvgIpc) is 3.14. The van der Waals surface area contributed by atoms with E-state index in [9.17, 15) is 9.90 Å². The summed E-state index contributed by atoms with van der Waals surface area (Å²) in [4.78, 5) is 17.0. The zero-order valence-electron chi connectivity index (χ0n) is 22.3. The number of hydrogen-bond donors (Lipinski definition) is 1. The van der Waals surface area contributed by atoms with Crippen molar-refractivity contribution in [2.24, 2.45) is 46.3 Å². The van der Waals surface area contributed by atoms with Crippen molar-refractivity contribution < 1.29 is 14.7 Å². The quantitative estimate of drug-likeness (QED) is 0.287. The zero-order chi connectivity index (χ0) is 24.7. The van der Waals surface area contributed by atoms with Gasteiger partial charge in [-0.2, -0.15) is 5.06 Å². The Morgan fingerprint density at radius 2 is 1.94 bits per heavy atom. The van der Waals surface area contributed by atoms with E-state index >= 15 is 0 Å². The minimum Gasteiger partial charge on any atom is -0.463 e. The number of allylic oxidation sites excluding steroid dienone is 1. The van der Waals surface area contributed by atoms with Gasteiger partial charge in [-0.05, 0) is 104 Å². The first-order chi connectivity index (χ1) is 16.1. The maximum absolute atomic E-state index is 11.3. The Bertz CT molecular complexity index is 790. The van der Waals surface area contributed by atoms with Crippen LogP contribution in [0.2, 0.25) is 0 Å². The van der Waals surface area contributed by atoms with Gasteiger partial charge in [-0.15, -0.1) is 0 Å². The minimum absolute atomic E-state index is 0.108. The Kier molecular flexibility index (Phi) is 7.58. The Balaban J connectivity index is 1.45. The first-order valence-electron chi connectivity index (χ1n) is 14.0. The van der Waals surface area contributed by atoms with Crippen LogP contribution >= 0.6 is 0 Å². The summed E-state index contributed by atoms with van der Waals surface area (Å²) in [6.07, 6.45) is 16.0. The summed E-state index contributed by atoms with van der Waals surface area (Å²) in [6, 6.07) is 0. The highest BCUT2D eigenvalue weighted by atomic mass is 16.7. The van der Waals surface area contributed by atoms with Gasteiger partial charge in [0.05, 0.1) is 6.10 Å². The third kappa shape index (κ3) is 4.61. The van der Waals surface area contributed by atoms with Gasteiger partial charge < -0.3 is 5.11 Å². The van der Waals surface area contributed by atoms with E-state index in [0.717, 1.165) is 66.0 Å². The fraction of sp³-hybridized carbons (Fsp3) is 0.833. The Morgan fingerprint density at radius 3 is 2.62 bits per heavy atom. The smallest absolute Gasteiger partial charge is 0.435 e. The lowest BCUT2D eigenvalue weighted by Gasteiger charge is -2.58. The largest absolute Gasteiger partial charge is 0.463 e. The second-order valence-electron chi connectivity index (χ2n) is 13.0. The first kappa shape index (κ1) is 25.8. The molecule has 0 saturated heterocycles. The Labute approximate surface area is 208 Å². The highest BCUT2D eigenvalue weighted by molar-refractivity contribution is 5.64. The lowest BCUT2D eigenvalue weighted by atomic mass is 9.47. The third-order valence-corrected chi connectivity index (χ3v) is 10.8. The van der Waals surface area contributed by atoms with Crippen molar-refractivity contribution in [1.29, 1.82) is 0 Å². The molecule has 0 unspecified atom stereocenters. The van der Waals surface area contributed by atoms with Crippen molar-refractivity contribution in [3.8, 4) is 0 Å². The molecule has 0 spiro atoms. The maximum Gasteiger partial charge on any atom is 0.435 e. The molecule has 1 radical (unpaired) electrons. The summed E-state index contributed by atoms with van der Waals surface area (Å²) in [5.41, 5.74) is 2.26. The molecule has 4 aliphatic carbocycles. The molecule has 34 heavy (non-hydrogen) atoms. The number of carboxylic acid groups (broad SMARTS) is 1. The van der Waals surface area contributed by atoms with E-state index < -0.39 is 6.09 Å². The summed E-state index contributed by atoms with van der Waals surface area (Å²) in [6.45, 7) is 17.9. The van der Waals surface area contributed by atoms with E-state index in [1.54, 1.807) is 0 Å². The Morgan fingerprint density at radius 1 is 1.18 bits per heavy atom. The van der Waals surface area contributed by atoms with Gasteiger partial charge in [-0.25, -0.2) is 4.79 Å². The second kappa shape index (κ2) is 9.99. The molecule has 4 aliphatic rings. The first-order valence-corrected chi connectivity index (χ1v) is 14.0. The van der Waals surface area contributed by atoms with E-state index in [4.69, 9.17) is 11.4 Å². The molecule has 4 heteroatoms. The fourth-order valence-electron chi connectivity index (χ4n) is 9.05. The predicted octanol–water partition coefficient (Wildman–Crippen LogP) is 8.25. The highest BCUT2D eigenvalue weighted by Gasteiger charge is 2.59.